The number of nitrogens with zero attached hydrogens (tertiary/aromatic N) is 2. The number of benzene rings is 2. The minimum atomic E-state index is -1.30. The van der Waals surface area contributed by atoms with Gasteiger partial charge in [-0.1, -0.05) is 29.8 Å². The number of pyridine rings is 1. The Morgan fingerprint density at radius 1 is 1.19 bits per heavy atom. The molecule has 1 atom stereocenters. The van der Waals surface area contributed by atoms with Crippen LogP contribution >= 0.6 is 11.6 Å². The Balaban J connectivity index is 1.20. The van der Waals surface area contributed by atoms with Crippen LogP contribution in [0, 0.1) is 6.92 Å². The summed E-state index contributed by atoms with van der Waals surface area (Å²) in [6, 6.07) is 14.9. The maximum absolute atomic E-state index is 13.7. The number of likely N-dealkylation sites (tertiary alicyclic amines) is 1. The van der Waals surface area contributed by atoms with Crippen LogP contribution < -0.4 is 10.1 Å². The minimum absolute atomic E-state index is 0.121. The molecule has 1 aromatic heterocycles. The zero-order chi connectivity index (χ0) is 26.2. The van der Waals surface area contributed by atoms with E-state index in [1.165, 1.54) is 17.9 Å². The Bertz CT molecular complexity index is 1360. The lowest BCUT2D eigenvalue weighted by Crippen LogP contribution is -2.59. The van der Waals surface area contributed by atoms with Crippen LogP contribution in [0.2, 0.25) is 5.02 Å². The van der Waals surface area contributed by atoms with Gasteiger partial charge in [0.15, 0.2) is 0 Å². The van der Waals surface area contributed by atoms with Gasteiger partial charge in [0.1, 0.15) is 17.5 Å². The first-order valence-electron chi connectivity index (χ1n) is 12.1. The summed E-state index contributed by atoms with van der Waals surface area (Å²) < 4.78 is 19.7. The lowest BCUT2D eigenvalue weighted by Gasteiger charge is -2.42. The second-order valence-electron chi connectivity index (χ2n) is 9.84. The van der Waals surface area contributed by atoms with Crippen LogP contribution in [0.1, 0.15) is 34.1 Å². The van der Waals surface area contributed by atoms with Crippen LogP contribution in [0.5, 0.6) is 5.75 Å². The molecule has 0 radical (unpaired) electrons. The van der Waals surface area contributed by atoms with E-state index in [0.717, 1.165) is 27.9 Å². The molecule has 0 aliphatic carbocycles. The van der Waals surface area contributed by atoms with Crippen LogP contribution in [-0.2, 0) is 17.8 Å². The van der Waals surface area contributed by atoms with E-state index in [4.69, 9.17) is 16.3 Å². The summed E-state index contributed by atoms with van der Waals surface area (Å²) in [5, 5.41) is 3.33. The molecule has 6 nitrogen and oxygen atoms in total. The third-order valence-electron chi connectivity index (χ3n) is 6.51. The van der Waals surface area contributed by atoms with E-state index in [0.29, 0.717) is 29.3 Å². The molecule has 2 amide bonds. The first-order chi connectivity index (χ1) is 17.7. The summed E-state index contributed by atoms with van der Waals surface area (Å²) in [5.41, 5.74) is 3.84. The molecule has 2 aliphatic heterocycles. The Kier molecular flexibility index (Phi) is 6.73. The smallest absolute Gasteiger partial charge is 0.254 e. The average Bonchev–Trinajstić information content (AvgIpc) is 3.29. The van der Waals surface area contributed by atoms with Gasteiger partial charge in [0.25, 0.3) is 5.91 Å². The van der Waals surface area contributed by atoms with E-state index in [-0.39, 0.29) is 31.0 Å². The van der Waals surface area contributed by atoms with Gasteiger partial charge in [-0.25, -0.2) is 4.39 Å². The van der Waals surface area contributed by atoms with E-state index in [1.54, 1.807) is 24.4 Å². The molecule has 3 heterocycles. The lowest BCUT2D eigenvalue weighted by molar-refractivity contribution is -0.116. The maximum Gasteiger partial charge on any atom is 0.254 e. The molecule has 0 spiro atoms. The SMILES string of the molecule is Cc1ccc(CNC(=O)C=CC2Cc3cc(-c4ccc(C(=O)N5CC(C)(F)C5)cc4)cc(Cl)c3O2)cn1. The number of aryl methyl sites for hydroxylation is 1. The van der Waals surface area contributed by atoms with Crippen LogP contribution in [0.15, 0.2) is 66.9 Å². The van der Waals surface area contributed by atoms with Crippen LogP contribution in [0.25, 0.3) is 11.1 Å². The number of aromatic nitrogens is 1. The number of carbonyl (C=O) groups is 2. The fraction of sp³-hybridized carbons (Fsp3) is 0.276. The highest BCUT2D eigenvalue weighted by molar-refractivity contribution is 6.32. The van der Waals surface area contributed by atoms with Gasteiger partial charge in [0, 0.05) is 42.1 Å². The second kappa shape index (κ2) is 9.98. The third kappa shape index (κ3) is 5.67. The number of hydrogen-bond acceptors (Lipinski definition) is 4. The molecule has 190 valence electrons. The first-order valence-corrected chi connectivity index (χ1v) is 12.5. The predicted octanol–water partition coefficient (Wildman–Crippen LogP) is 5.07. The number of fused-ring (bicyclic) bond motifs is 1. The van der Waals surface area contributed by atoms with Crippen LogP contribution in [-0.4, -0.2) is 46.6 Å². The van der Waals surface area contributed by atoms with Crippen molar-refractivity contribution < 1.29 is 18.7 Å². The summed E-state index contributed by atoms with van der Waals surface area (Å²) >= 11 is 6.53. The van der Waals surface area contributed by atoms with Gasteiger partial charge in [0.2, 0.25) is 5.91 Å². The van der Waals surface area contributed by atoms with Crippen molar-refractivity contribution in [3.05, 3.63) is 94.3 Å². The number of hydrogen-bond donors (Lipinski definition) is 1. The van der Waals surface area contributed by atoms with Crippen LogP contribution in [0.3, 0.4) is 0 Å². The number of rotatable bonds is 6. The fourth-order valence-electron chi connectivity index (χ4n) is 4.54. The van der Waals surface area contributed by atoms with Crippen molar-refractivity contribution >= 4 is 23.4 Å². The summed E-state index contributed by atoms with van der Waals surface area (Å²) in [4.78, 5) is 30.5. The highest BCUT2D eigenvalue weighted by Crippen LogP contribution is 2.40. The van der Waals surface area contributed by atoms with Crippen molar-refractivity contribution in [2.24, 2.45) is 0 Å². The standard InChI is InChI=1S/C29H27ClFN3O3/c1-18-3-4-19(14-32-18)15-33-26(35)10-9-24-12-23-11-22(13-25(30)27(23)37-24)20-5-7-21(8-6-20)28(36)34-16-29(2,31)17-34/h3-11,13-14,24H,12,15-17H2,1-2H3,(H,33,35). The molecule has 0 saturated carbocycles. The molecule has 2 aromatic carbocycles. The highest BCUT2D eigenvalue weighted by Gasteiger charge is 2.41. The van der Waals surface area contributed by atoms with Gasteiger partial charge in [0.05, 0.1) is 18.1 Å². The monoisotopic (exact) mass is 519 g/mol. The fourth-order valence-corrected chi connectivity index (χ4v) is 4.83. The van der Waals surface area contributed by atoms with Gasteiger partial charge in [-0.05, 0) is 66.9 Å². The number of halogens is 2. The number of nitrogens with one attached hydrogen (secondary N) is 1. The largest absolute Gasteiger partial charge is 0.484 e. The molecule has 1 fully saturated rings. The molecule has 1 N–H and O–H groups in total. The lowest BCUT2D eigenvalue weighted by atomic mass is 9.96. The van der Waals surface area contributed by atoms with Gasteiger partial charge < -0.3 is 15.0 Å². The molecule has 1 saturated heterocycles. The summed E-state index contributed by atoms with van der Waals surface area (Å²) in [6.07, 6.45) is 5.24. The van der Waals surface area contributed by atoms with Gasteiger partial charge >= 0.3 is 0 Å². The first kappa shape index (κ1) is 25.0. The third-order valence-corrected chi connectivity index (χ3v) is 6.79. The van der Waals surface area contributed by atoms with Gasteiger partial charge in [-0.3, -0.25) is 14.6 Å². The molecule has 5 rings (SSSR count). The number of amides is 2. The van der Waals surface area contributed by atoms with Gasteiger partial charge in [-0.2, -0.15) is 0 Å². The molecule has 2 aliphatic rings. The second-order valence-corrected chi connectivity index (χ2v) is 10.3. The van der Waals surface area contributed by atoms with Crippen molar-refractivity contribution in [3.63, 3.8) is 0 Å². The Morgan fingerprint density at radius 2 is 1.95 bits per heavy atom. The van der Waals surface area contributed by atoms with Crippen molar-refractivity contribution in [1.82, 2.24) is 15.2 Å². The topological polar surface area (TPSA) is 71.5 Å². The predicted molar refractivity (Wildman–Crippen MR) is 140 cm³/mol. The zero-order valence-electron chi connectivity index (χ0n) is 20.6. The van der Waals surface area contributed by atoms with E-state index < -0.39 is 5.67 Å². The quantitative estimate of drug-likeness (QED) is 0.461. The zero-order valence-corrected chi connectivity index (χ0v) is 21.4. The summed E-state index contributed by atoms with van der Waals surface area (Å²) in [6.45, 7) is 4.05. The Morgan fingerprint density at radius 3 is 2.62 bits per heavy atom. The van der Waals surface area contributed by atoms with E-state index in [2.05, 4.69) is 10.3 Å². The van der Waals surface area contributed by atoms with Crippen molar-refractivity contribution in [2.45, 2.75) is 38.6 Å². The Hall–Kier alpha value is -3.71. The van der Waals surface area contributed by atoms with E-state index in [1.807, 2.05) is 43.3 Å². The Labute approximate surface area is 220 Å². The molecule has 1 unspecified atom stereocenters. The molecular formula is C29H27ClFN3O3. The molecule has 0 bridgehead atoms. The summed E-state index contributed by atoms with van der Waals surface area (Å²) in [5.74, 6) is 0.234. The summed E-state index contributed by atoms with van der Waals surface area (Å²) in [7, 11) is 0. The normalized spacial score (nSPS) is 17.7. The van der Waals surface area contributed by atoms with E-state index >= 15 is 0 Å². The minimum Gasteiger partial charge on any atom is -0.484 e. The van der Waals surface area contributed by atoms with Crippen molar-refractivity contribution in [2.75, 3.05) is 13.1 Å². The van der Waals surface area contributed by atoms with Crippen LogP contribution in [0.4, 0.5) is 4.39 Å². The number of alkyl halides is 1. The van der Waals surface area contributed by atoms with Crippen molar-refractivity contribution in [1.29, 1.82) is 0 Å². The maximum atomic E-state index is 13.7. The molecule has 3 aromatic rings. The van der Waals surface area contributed by atoms with Crippen molar-refractivity contribution in [3.8, 4) is 16.9 Å². The average molecular weight is 520 g/mol. The molecule has 37 heavy (non-hydrogen) atoms. The van der Waals surface area contributed by atoms with Gasteiger partial charge in [-0.15, -0.1) is 0 Å². The number of carbonyl (C=O) groups excluding carboxylic acids is 2. The highest BCUT2D eigenvalue weighted by atomic mass is 35.5. The number of ether oxygens (including phenoxy) is 1. The molecular weight excluding hydrogens is 493 g/mol. The molecule has 8 heteroatoms. The van der Waals surface area contributed by atoms with E-state index in [9.17, 15) is 14.0 Å².